The largest absolute Gasteiger partial charge is 0.423 e. The van der Waals surface area contributed by atoms with E-state index < -0.39 is 0 Å². The first-order valence-corrected chi connectivity index (χ1v) is 3.09. The highest BCUT2D eigenvalue weighted by molar-refractivity contribution is 6.30. The van der Waals surface area contributed by atoms with Gasteiger partial charge in [-0.3, -0.25) is 0 Å². The Balaban J connectivity index is 3.17. The van der Waals surface area contributed by atoms with Gasteiger partial charge in [0.25, 0.3) is 0 Å². The Hall–Kier alpha value is -0.120. The van der Waals surface area contributed by atoms with E-state index in [4.69, 9.17) is 23.2 Å². The predicted octanol–water partition coefficient (Wildman–Crippen LogP) is 0.875. The Bertz CT molecular complexity index is 175. The molecule has 0 aliphatic carbocycles. The molecule has 0 spiro atoms. The van der Waals surface area contributed by atoms with Gasteiger partial charge in [-0.15, -0.1) is 9.97 Å². The third kappa shape index (κ3) is 1.93. The Morgan fingerprint density at radius 2 is 1.44 bits per heavy atom. The maximum atomic E-state index is 5.34. The summed E-state index contributed by atoms with van der Waals surface area (Å²) in [5, 5.41) is 0.167. The minimum absolute atomic E-state index is 0.0278. The molecule has 0 radical (unpaired) electrons. The molecule has 0 fully saturated rings. The van der Waals surface area contributed by atoms with Gasteiger partial charge in [-0.05, 0) is 23.2 Å². The molecule has 1 aromatic heterocycles. The number of hydrogen-bond acceptors (Lipinski definition) is 3. The first-order valence-electron chi connectivity index (χ1n) is 1.92. The van der Waals surface area contributed by atoms with Gasteiger partial charge in [-0.1, -0.05) is 0 Å². The summed E-state index contributed by atoms with van der Waals surface area (Å²) in [5.74, 6) is 0. The van der Waals surface area contributed by atoms with Gasteiger partial charge in [-0.2, -0.15) is 4.98 Å². The van der Waals surface area contributed by atoms with Crippen molar-refractivity contribution >= 4 is 23.2 Å². The molecule has 3 nitrogen and oxygen atoms in total. The highest BCUT2D eigenvalue weighted by Gasteiger charge is 2.04. The van der Waals surface area contributed by atoms with Crippen molar-refractivity contribution in [3.63, 3.8) is 0 Å². The summed E-state index contributed by atoms with van der Waals surface area (Å²) in [6.07, 6.45) is 0. The molecule has 0 atom stereocenters. The maximum Gasteiger partial charge on any atom is 0.423 e. The average molecular weight is 185 g/mol. The molecule has 1 heterocycles. The van der Waals surface area contributed by atoms with Crippen LogP contribution in [0.15, 0.2) is 0 Å². The molecule has 1 rings (SSSR count). The van der Waals surface area contributed by atoms with Gasteiger partial charge in [0.1, 0.15) is 0 Å². The van der Waals surface area contributed by atoms with E-state index in [1.807, 2.05) is 0 Å². The van der Waals surface area contributed by atoms with Crippen LogP contribution in [0.3, 0.4) is 0 Å². The minimum atomic E-state index is 0.0278. The van der Waals surface area contributed by atoms with Crippen molar-refractivity contribution in [1.29, 1.82) is 0 Å². The Morgan fingerprint density at radius 3 is 1.78 bits per heavy atom. The Labute approximate surface area is 66.0 Å². The topological polar surface area (TPSA) is 38.7 Å². The zero-order chi connectivity index (χ0) is 6.85. The van der Waals surface area contributed by atoms with Crippen LogP contribution in [0.2, 0.25) is 15.9 Å². The van der Waals surface area contributed by atoms with E-state index >= 15 is 0 Å². The highest BCUT2D eigenvalue weighted by atomic mass is 35.5. The van der Waals surface area contributed by atoms with Crippen molar-refractivity contribution < 1.29 is 11.6 Å². The smallest absolute Gasteiger partial charge is 0.187 e. The number of halogens is 3. The van der Waals surface area contributed by atoms with Crippen LogP contribution in [0.25, 0.3) is 0 Å². The summed E-state index contributed by atoms with van der Waals surface area (Å²) in [7, 11) is 0. The molecule has 0 aliphatic rings. The van der Waals surface area contributed by atoms with Crippen molar-refractivity contribution in [3.8, 4) is 0 Å². The SMILES string of the molecule is Clc1nc(Cl)nc([ClH+])n1. The second-order valence-corrected chi connectivity index (χ2v) is 2.20. The molecule has 0 aromatic carbocycles. The summed E-state index contributed by atoms with van der Waals surface area (Å²) >= 11 is 15.2. The lowest BCUT2D eigenvalue weighted by Gasteiger charge is -1.84. The maximum absolute atomic E-state index is 5.34. The normalized spacial score (nSPS) is 9.67. The van der Waals surface area contributed by atoms with Crippen molar-refractivity contribution in [2.75, 3.05) is 0 Å². The minimum Gasteiger partial charge on any atom is -0.187 e. The van der Waals surface area contributed by atoms with Gasteiger partial charge >= 0.3 is 5.28 Å². The highest BCUT2D eigenvalue weighted by Crippen LogP contribution is 2.05. The van der Waals surface area contributed by atoms with Crippen molar-refractivity contribution in [1.82, 2.24) is 15.0 Å². The van der Waals surface area contributed by atoms with Crippen LogP contribution in [-0.4, -0.2) is 15.0 Å². The van der Waals surface area contributed by atoms with Gasteiger partial charge in [0.05, 0.1) is 0 Å². The molecular weight excluding hydrogens is 184 g/mol. The number of rotatable bonds is 0. The van der Waals surface area contributed by atoms with Crippen LogP contribution in [-0.2, 0) is 0 Å². The molecule has 1 aromatic rings. The zero-order valence-electron chi connectivity index (χ0n) is 4.01. The van der Waals surface area contributed by atoms with Crippen LogP contribution in [0.5, 0.6) is 0 Å². The molecule has 9 heavy (non-hydrogen) atoms. The van der Waals surface area contributed by atoms with E-state index in [9.17, 15) is 0 Å². The van der Waals surface area contributed by atoms with E-state index in [1.54, 1.807) is 0 Å². The predicted molar refractivity (Wildman–Crippen MR) is 30.4 cm³/mol. The lowest BCUT2D eigenvalue weighted by Crippen LogP contribution is -1.89. The van der Waals surface area contributed by atoms with E-state index in [0.717, 1.165) is 0 Å². The number of aromatic nitrogens is 3. The molecule has 0 N–H and O–H groups in total. The van der Waals surface area contributed by atoms with Gasteiger partial charge in [0, 0.05) is 0 Å². The number of hydrogen-bond donors (Lipinski definition) is 0. The Morgan fingerprint density at radius 1 is 1.00 bits per heavy atom. The van der Waals surface area contributed by atoms with Crippen LogP contribution >= 0.6 is 23.2 Å². The van der Waals surface area contributed by atoms with Crippen molar-refractivity contribution in [2.45, 2.75) is 0 Å². The molecule has 0 amide bonds. The lowest BCUT2D eigenvalue weighted by atomic mass is 11.1. The fourth-order valence-electron chi connectivity index (χ4n) is 0.309. The Kier molecular flexibility index (Phi) is 2.05. The molecule has 0 bridgehead atoms. The average Bonchev–Trinajstić information content (AvgIpc) is 1.59. The van der Waals surface area contributed by atoms with Crippen LogP contribution in [0.4, 0.5) is 0 Å². The van der Waals surface area contributed by atoms with Crippen LogP contribution in [0, 0.1) is 11.6 Å². The van der Waals surface area contributed by atoms with Crippen molar-refractivity contribution in [3.05, 3.63) is 15.9 Å². The zero-order valence-corrected chi connectivity index (χ0v) is 6.33. The third-order valence-corrected chi connectivity index (χ3v) is 1.08. The summed E-state index contributed by atoms with van der Waals surface area (Å²) in [4.78, 5) is 10.5. The second kappa shape index (κ2) is 2.64. The molecule has 6 heteroatoms. The van der Waals surface area contributed by atoms with E-state index in [0.29, 0.717) is 0 Å². The molecule has 0 aliphatic heterocycles. The fourth-order valence-corrected chi connectivity index (χ4v) is 0.946. The summed E-state index contributed by atoms with van der Waals surface area (Å²) < 4.78 is 0. The van der Waals surface area contributed by atoms with Crippen LogP contribution in [0.1, 0.15) is 0 Å². The number of nitrogens with zero attached hydrogens (tertiary/aromatic N) is 3. The van der Waals surface area contributed by atoms with Gasteiger partial charge in [-0.25, -0.2) is 0 Å². The van der Waals surface area contributed by atoms with Gasteiger partial charge < -0.3 is 0 Å². The summed E-state index contributed by atoms with van der Waals surface area (Å²) in [6, 6.07) is 0. The molecule has 0 saturated carbocycles. The van der Waals surface area contributed by atoms with E-state index in [2.05, 4.69) is 26.6 Å². The van der Waals surface area contributed by atoms with E-state index in [-0.39, 0.29) is 15.9 Å². The summed E-state index contributed by atoms with van der Waals surface area (Å²) in [5.41, 5.74) is 0. The third-order valence-electron chi connectivity index (χ3n) is 0.560. The lowest BCUT2D eigenvalue weighted by molar-refractivity contribution is -0.304. The molecule has 0 unspecified atom stereocenters. The first kappa shape index (κ1) is 6.99. The molecular formula is C3HCl3N3+. The fraction of sp³-hybridized carbons (Fsp3) is 0. The van der Waals surface area contributed by atoms with E-state index in [1.165, 1.54) is 0 Å². The van der Waals surface area contributed by atoms with Gasteiger partial charge in [0.2, 0.25) is 10.6 Å². The monoisotopic (exact) mass is 184 g/mol. The van der Waals surface area contributed by atoms with Gasteiger partial charge in [0.15, 0.2) is 11.6 Å². The summed E-state index contributed by atoms with van der Waals surface area (Å²) in [6.45, 7) is 0. The first-order chi connectivity index (χ1) is 4.18. The van der Waals surface area contributed by atoms with Crippen LogP contribution < -0.4 is 0 Å². The standard InChI is InChI=1S/C3HCl3N3/c4-1-7-2(5)9-3(6)8-1/h4H/q+1. The van der Waals surface area contributed by atoms with Crippen molar-refractivity contribution in [2.24, 2.45) is 0 Å². The second-order valence-electron chi connectivity index (χ2n) is 1.16. The molecule has 0 saturated heterocycles. The quantitative estimate of drug-likeness (QED) is 0.602. The molecule has 48 valence electrons.